The van der Waals surface area contributed by atoms with E-state index in [-0.39, 0.29) is 18.4 Å². The summed E-state index contributed by atoms with van der Waals surface area (Å²) in [6.45, 7) is 3.86. The van der Waals surface area contributed by atoms with Crippen molar-refractivity contribution in [3.8, 4) is 22.7 Å². The Morgan fingerprint density at radius 1 is 0.971 bits per heavy atom. The van der Waals surface area contributed by atoms with Crippen molar-refractivity contribution in [1.82, 2.24) is 14.7 Å². The molecule has 0 atom stereocenters. The van der Waals surface area contributed by atoms with Gasteiger partial charge in [-0.1, -0.05) is 30.3 Å². The smallest absolute Gasteiger partial charge is 0.257 e. The van der Waals surface area contributed by atoms with Crippen molar-refractivity contribution in [3.05, 3.63) is 95.7 Å². The first-order chi connectivity index (χ1) is 16.9. The Morgan fingerprint density at radius 3 is 2.37 bits per heavy atom. The molecule has 7 heteroatoms. The third-order valence-corrected chi connectivity index (χ3v) is 5.94. The van der Waals surface area contributed by atoms with Gasteiger partial charge in [0.2, 0.25) is 5.91 Å². The maximum Gasteiger partial charge on any atom is 0.257 e. The Hall–Kier alpha value is -4.39. The molecule has 7 nitrogen and oxygen atoms in total. The molecule has 0 bridgehead atoms. The van der Waals surface area contributed by atoms with Gasteiger partial charge in [0.25, 0.3) is 5.91 Å². The second-order valence-corrected chi connectivity index (χ2v) is 8.36. The van der Waals surface area contributed by atoms with Gasteiger partial charge in [0.1, 0.15) is 11.4 Å². The van der Waals surface area contributed by atoms with Crippen LogP contribution in [0, 0.1) is 13.8 Å². The molecule has 1 heterocycles. The first-order valence-electron chi connectivity index (χ1n) is 11.3. The number of carbonyl (C=O) groups excluding carboxylic acids is 2. The highest BCUT2D eigenvalue weighted by atomic mass is 16.5. The number of likely N-dealkylation sites (N-methyl/N-ethyl adjacent to an activating group) is 1. The molecule has 4 aromatic rings. The second kappa shape index (κ2) is 10.3. The van der Waals surface area contributed by atoms with Crippen molar-refractivity contribution >= 4 is 17.5 Å². The van der Waals surface area contributed by atoms with Crippen molar-refractivity contribution in [2.75, 3.05) is 26.0 Å². The molecule has 0 saturated carbocycles. The van der Waals surface area contributed by atoms with E-state index in [2.05, 4.69) is 5.32 Å². The van der Waals surface area contributed by atoms with E-state index in [0.717, 1.165) is 28.1 Å². The summed E-state index contributed by atoms with van der Waals surface area (Å²) in [4.78, 5) is 27.6. The van der Waals surface area contributed by atoms with E-state index in [1.165, 1.54) is 4.90 Å². The second-order valence-electron chi connectivity index (χ2n) is 8.36. The van der Waals surface area contributed by atoms with E-state index in [1.807, 2.05) is 86.6 Å². The summed E-state index contributed by atoms with van der Waals surface area (Å²) in [5, 5.41) is 7.62. The van der Waals surface area contributed by atoms with Crippen LogP contribution in [-0.2, 0) is 4.79 Å². The van der Waals surface area contributed by atoms with Crippen LogP contribution in [0.2, 0.25) is 0 Å². The van der Waals surface area contributed by atoms with Crippen LogP contribution in [0.15, 0.2) is 79.0 Å². The summed E-state index contributed by atoms with van der Waals surface area (Å²) in [6, 6.07) is 22.7. The van der Waals surface area contributed by atoms with E-state index >= 15 is 0 Å². The van der Waals surface area contributed by atoms with Gasteiger partial charge in [0, 0.05) is 24.5 Å². The molecule has 0 unspecified atom stereocenters. The van der Waals surface area contributed by atoms with E-state index in [1.54, 1.807) is 25.0 Å². The molecule has 0 saturated heterocycles. The van der Waals surface area contributed by atoms with Gasteiger partial charge < -0.3 is 15.0 Å². The quantitative estimate of drug-likeness (QED) is 0.420. The zero-order valence-electron chi connectivity index (χ0n) is 20.3. The van der Waals surface area contributed by atoms with Gasteiger partial charge in [0.15, 0.2) is 0 Å². The Labute approximate surface area is 205 Å². The molecule has 4 rings (SSSR count). The number of nitrogens with zero attached hydrogens (tertiary/aromatic N) is 3. The molecule has 0 aliphatic rings. The predicted molar refractivity (Wildman–Crippen MR) is 137 cm³/mol. The number of methoxy groups -OCH3 is 1. The monoisotopic (exact) mass is 468 g/mol. The van der Waals surface area contributed by atoms with Gasteiger partial charge in [-0.25, -0.2) is 4.68 Å². The third kappa shape index (κ3) is 5.24. The molecule has 0 aliphatic heterocycles. The summed E-state index contributed by atoms with van der Waals surface area (Å²) >= 11 is 0. The summed E-state index contributed by atoms with van der Waals surface area (Å²) in [5.41, 5.74) is 5.37. The molecule has 178 valence electrons. The molecular formula is C28H28N4O3. The lowest BCUT2D eigenvalue weighted by molar-refractivity contribution is -0.116. The Bertz CT molecular complexity index is 1340. The first kappa shape index (κ1) is 23.8. The number of ether oxygens (including phenoxy) is 1. The minimum absolute atomic E-state index is 0.0925. The number of hydrogen-bond acceptors (Lipinski definition) is 4. The minimum atomic E-state index is -0.297. The van der Waals surface area contributed by atoms with Gasteiger partial charge in [-0.2, -0.15) is 5.10 Å². The van der Waals surface area contributed by atoms with Crippen LogP contribution in [0.1, 0.15) is 21.5 Å². The zero-order valence-corrected chi connectivity index (χ0v) is 20.3. The van der Waals surface area contributed by atoms with Crippen molar-refractivity contribution in [3.63, 3.8) is 0 Å². The zero-order chi connectivity index (χ0) is 24.9. The van der Waals surface area contributed by atoms with Crippen molar-refractivity contribution < 1.29 is 14.3 Å². The summed E-state index contributed by atoms with van der Waals surface area (Å²) < 4.78 is 6.94. The fourth-order valence-electron chi connectivity index (χ4n) is 3.77. The van der Waals surface area contributed by atoms with Crippen LogP contribution in [0.5, 0.6) is 5.75 Å². The molecule has 2 amide bonds. The van der Waals surface area contributed by atoms with Crippen molar-refractivity contribution in [2.45, 2.75) is 13.8 Å². The van der Waals surface area contributed by atoms with Gasteiger partial charge in [-0.15, -0.1) is 0 Å². The van der Waals surface area contributed by atoms with E-state index in [4.69, 9.17) is 9.84 Å². The van der Waals surface area contributed by atoms with E-state index in [0.29, 0.717) is 17.0 Å². The summed E-state index contributed by atoms with van der Waals surface area (Å²) in [5.74, 6) is 0.148. The molecule has 3 aromatic carbocycles. The lowest BCUT2D eigenvalue weighted by Crippen LogP contribution is -2.35. The molecular weight excluding hydrogens is 440 g/mol. The van der Waals surface area contributed by atoms with E-state index in [9.17, 15) is 9.59 Å². The average molecular weight is 469 g/mol. The highest BCUT2D eigenvalue weighted by molar-refractivity contribution is 6.02. The number of para-hydroxylation sites is 1. The van der Waals surface area contributed by atoms with Crippen molar-refractivity contribution in [2.24, 2.45) is 0 Å². The van der Waals surface area contributed by atoms with Gasteiger partial charge in [-0.05, 0) is 67.4 Å². The van der Waals surface area contributed by atoms with Gasteiger partial charge in [-0.3, -0.25) is 9.59 Å². The van der Waals surface area contributed by atoms with E-state index < -0.39 is 0 Å². The summed E-state index contributed by atoms with van der Waals surface area (Å²) in [7, 11) is 3.22. The fraction of sp³-hybridized carbons (Fsp3) is 0.179. The predicted octanol–water partition coefficient (Wildman–Crippen LogP) is 4.88. The standard InChI is InChI=1S/C28H28N4O3/c1-19-9-8-12-25(20(19)2)29-26(33)18-31(3)28(34)24-17-32(22-10-6-5-7-11-22)30-27(24)21-13-15-23(35-4)16-14-21/h5-17H,18H2,1-4H3,(H,29,33). The largest absolute Gasteiger partial charge is 0.497 e. The maximum atomic E-state index is 13.5. The maximum absolute atomic E-state index is 13.5. The number of rotatable bonds is 7. The Morgan fingerprint density at radius 2 is 1.69 bits per heavy atom. The fourth-order valence-corrected chi connectivity index (χ4v) is 3.77. The van der Waals surface area contributed by atoms with Crippen LogP contribution in [-0.4, -0.2) is 47.2 Å². The minimum Gasteiger partial charge on any atom is -0.497 e. The van der Waals surface area contributed by atoms with Crippen LogP contribution in [0.4, 0.5) is 5.69 Å². The number of anilines is 1. The summed E-state index contributed by atoms with van der Waals surface area (Å²) in [6.07, 6.45) is 1.70. The number of nitrogens with one attached hydrogen (secondary N) is 1. The molecule has 0 fully saturated rings. The first-order valence-corrected chi connectivity index (χ1v) is 11.3. The average Bonchev–Trinajstić information content (AvgIpc) is 3.32. The topological polar surface area (TPSA) is 76.5 Å². The number of hydrogen-bond donors (Lipinski definition) is 1. The third-order valence-electron chi connectivity index (χ3n) is 5.94. The lowest BCUT2D eigenvalue weighted by Gasteiger charge is -2.17. The number of carbonyl (C=O) groups is 2. The highest BCUT2D eigenvalue weighted by Crippen LogP contribution is 2.27. The number of benzene rings is 3. The van der Waals surface area contributed by atoms with Crippen LogP contribution < -0.4 is 10.1 Å². The normalized spacial score (nSPS) is 10.6. The molecule has 0 spiro atoms. The molecule has 35 heavy (non-hydrogen) atoms. The molecule has 0 radical (unpaired) electrons. The number of aromatic nitrogens is 2. The van der Waals surface area contributed by atoms with Crippen LogP contribution in [0.25, 0.3) is 16.9 Å². The molecule has 0 aliphatic carbocycles. The van der Waals surface area contributed by atoms with Crippen LogP contribution in [0.3, 0.4) is 0 Å². The number of aryl methyl sites for hydroxylation is 1. The van der Waals surface area contributed by atoms with Crippen LogP contribution >= 0.6 is 0 Å². The number of amides is 2. The highest BCUT2D eigenvalue weighted by Gasteiger charge is 2.23. The Balaban J connectivity index is 1.61. The lowest BCUT2D eigenvalue weighted by atomic mass is 10.1. The molecule has 1 aromatic heterocycles. The SMILES string of the molecule is COc1ccc(-c2nn(-c3ccccc3)cc2C(=O)N(C)CC(=O)Nc2cccc(C)c2C)cc1. The van der Waals surface area contributed by atoms with Gasteiger partial charge in [0.05, 0.1) is 24.9 Å². The Kier molecular flexibility index (Phi) is 6.96. The van der Waals surface area contributed by atoms with Crippen molar-refractivity contribution in [1.29, 1.82) is 0 Å². The molecule has 1 N–H and O–H groups in total. The van der Waals surface area contributed by atoms with Gasteiger partial charge >= 0.3 is 0 Å².